The summed E-state index contributed by atoms with van der Waals surface area (Å²) in [6.07, 6.45) is 0. The van der Waals surface area contributed by atoms with E-state index in [1.165, 1.54) is 6.07 Å². The number of hydrogen-bond acceptors (Lipinski definition) is 4. The zero-order chi connectivity index (χ0) is 17.9. The Morgan fingerprint density at radius 3 is 2.21 bits per heavy atom. The van der Waals surface area contributed by atoms with Crippen molar-refractivity contribution in [3.05, 3.63) is 58.6 Å². The van der Waals surface area contributed by atoms with E-state index in [1.807, 2.05) is 19.0 Å². The highest BCUT2D eigenvalue weighted by Crippen LogP contribution is 2.24. The summed E-state index contributed by atoms with van der Waals surface area (Å²) in [5, 5.41) is 9.44. The first-order chi connectivity index (χ1) is 11.2. The summed E-state index contributed by atoms with van der Waals surface area (Å²) < 4.78 is 27.6. The van der Waals surface area contributed by atoms with Gasteiger partial charge in [-0.2, -0.15) is 4.72 Å². The van der Waals surface area contributed by atoms with Gasteiger partial charge in [0.2, 0.25) is 10.0 Å². The van der Waals surface area contributed by atoms with Gasteiger partial charge in [0, 0.05) is 24.3 Å². The molecule has 0 aliphatic heterocycles. The van der Waals surface area contributed by atoms with Crippen molar-refractivity contribution in [2.24, 2.45) is 0 Å². The SMILES string of the molecule is CN(C)c1ccc(C(NS(=O)(=O)c2ccccc2Br)C(=O)O)cc1. The van der Waals surface area contributed by atoms with Gasteiger partial charge in [-0.1, -0.05) is 24.3 Å². The van der Waals surface area contributed by atoms with Gasteiger partial charge in [-0.15, -0.1) is 0 Å². The van der Waals surface area contributed by atoms with Crippen LogP contribution in [0.2, 0.25) is 0 Å². The number of anilines is 1. The molecule has 6 nitrogen and oxygen atoms in total. The molecule has 0 fully saturated rings. The van der Waals surface area contributed by atoms with Crippen molar-refractivity contribution >= 4 is 37.6 Å². The molecule has 1 unspecified atom stereocenters. The molecular weight excluding hydrogens is 396 g/mol. The zero-order valence-electron chi connectivity index (χ0n) is 13.1. The molecule has 2 aromatic rings. The molecule has 0 saturated heterocycles. The van der Waals surface area contributed by atoms with Crippen LogP contribution in [0.4, 0.5) is 5.69 Å². The Bertz CT molecular complexity index is 835. The Kier molecular flexibility index (Phi) is 5.63. The number of hydrogen-bond donors (Lipinski definition) is 2. The van der Waals surface area contributed by atoms with Crippen LogP contribution in [0.15, 0.2) is 57.9 Å². The largest absolute Gasteiger partial charge is 0.480 e. The molecule has 0 spiro atoms. The summed E-state index contributed by atoms with van der Waals surface area (Å²) >= 11 is 3.17. The number of carboxylic acid groups (broad SMARTS) is 1. The third-order valence-corrected chi connectivity index (χ3v) is 5.82. The minimum atomic E-state index is -4.00. The van der Waals surface area contributed by atoms with E-state index in [0.717, 1.165) is 5.69 Å². The Morgan fingerprint density at radius 1 is 1.12 bits per heavy atom. The molecule has 2 N–H and O–H groups in total. The summed E-state index contributed by atoms with van der Waals surface area (Å²) in [5.74, 6) is -1.27. The van der Waals surface area contributed by atoms with Crippen molar-refractivity contribution in [3.8, 4) is 0 Å². The van der Waals surface area contributed by atoms with Crippen molar-refractivity contribution in [1.29, 1.82) is 0 Å². The van der Waals surface area contributed by atoms with Crippen LogP contribution in [0.5, 0.6) is 0 Å². The normalized spacial score (nSPS) is 12.6. The second-order valence-electron chi connectivity index (χ2n) is 5.31. The van der Waals surface area contributed by atoms with Crippen molar-refractivity contribution in [3.63, 3.8) is 0 Å². The lowest BCUT2D eigenvalue weighted by atomic mass is 10.1. The van der Waals surface area contributed by atoms with E-state index >= 15 is 0 Å². The van der Waals surface area contributed by atoms with E-state index in [2.05, 4.69) is 20.7 Å². The molecule has 128 valence electrons. The minimum Gasteiger partial charge on any atom is -0.480 e. The number of sulfonamides is 1. The van der Waals surface area contributed by atoms with Gasteiger partial charge >= 0.3 is 5.97 Å². The van der Waals surface area contributed by atoms with E-state index < -0.39 is 22.0 Å². The zero-order valence-corrected chi connectivity index (χ0v) is 15.5. The maximum Gasteiger partial charge on any atom is 0.326 e. The average Bonchev–Trinajstić information content (AvgIpc) is 2.53. The Morgan fingerprint density at radius 2 is 1.71 bits per heavy atom. The van der Waals surface area contributed by atoms with Crippen molar-refractivity contribution in [2.75, 3.05) is 19.0 Å². The van der Waals surface area contributed by atoms with Crippen molar-refractivity contribution in [1.82, 2.24) is 4.72 Å². The van der Waals surface area contributed by atoms with E-state index in [4.69, 9.17) is 0 Å². The Balaban J connectivity index is 2.35. The molecule has 0 bridgehead atoms. The molecule has 2 aromatic carbocycles. The van der Waals surface area contributed by atoms with E-state index in [-0.39, 0.29) is 4.90 Å². The maximum absolute atomic E-state index is 12.5. The highest BCUT2D eigenvalue weighted by Gasteiger charge is 2.28. The summed E-state index contributed by atoms with van der Waals surface area (Å²) in [6, 6.07) is 11.5. The number of carbonyl (C=O) groups is 1. The molecule has 24 heavy (non-hydrogen) atoms. The van der Waals surface area contributed by atoms with Gasteiger partial charge in [-0.3, -0.25) is 4.79 Å². The van der Waals surface area contributed by atoms with Gasteiger partial charge < -0.3 is 10.0 Å². The van der Waals surface area contributed by atoms with Gasteiger partial charge in [0.15, 0.2) is 0 Å². The summed E-state index contributed by atoms with van der Waals surface area (Å²) in [6.45, 7) is 0. The van der Waals surface area contributed by atoms with Crippen molar-refractivity contribution in [2.45, 2.75) is 10.9 Å². The minimum absolute atomic E-state index is 0.0128. The molecule has 8 heteroatoms. The molecule has 0 saturated carbocycles. The topological polar surface area (TPSA) is 86.7 Å². The number of nitrogens with zero attached hydrogens (tertiary/aromatic N) is 1. The lowest BCUT2D eigenvalue weighted by Crippen LogP contribution is -2.34. The van der Waals surface area contributed by atoms with Gasteiger partial charge in [-0.05, 0) is 45.8 Å². The van der Waals surface area contributed by atoms with Crippen LogP contribution < -0.4 is 9.62 Å². The number of rotatable bonds is 6. The van der Waals surface area contributed by atoms with Gasteiger partial charge in [0.05, 0.1) is 4.90 Å². The Hall–Kier alpha value is -1.90. The molecule has 0 aliphatic carbocycles. The van der Waals surface area contributed by atoms with Gasteiger partial charge in [0.25, 0.3) is 0 Å². The van der Waals surface area contributed by atoms with E-state index in [9.17, 15) is 18.3 Å². The first-order valence-corrected chi connectivity index (χ1v) is 9.27. The average molecular weight is 413 g/mol. The van der Waals surface area contributed by atoms with Crippen LogP contribution in [-0.4, -0.2) is 33.6 Å². The van der Waals surface area contributed by atoms with Crippen LogP contribution in [0.3, 0.4) is 0 Å². The lowest BCUT2D eigenvalue weighted by molar-refractivity contribution is -0.139. The summed E-state index contributed by atoms with van der Waals surface area (Å²) in [4.78, 5) is 13.4. The highest BCUT2D eigenvalue weighted by molar-refractivity contribution is 9.10. The quantitative estimate of drug-likeness (QED) is 0.761. The number of nitrogens with one attached hydrogen (secondary N) is 1. The summed E-state index contributed by atoms with van der Waals surface area (Å²) in [5.41, 5.74) is 1.24. The second kappa shape index (κ2) is 7.33. The number of carboxylic acids is 1. The molecule has 0 heterocycles. The summed E-state index contributed by atoms with van der Waals surface area (Å²) in [7, 11) is -0.277. The fourth-order valence-electron chi connectivity index (χ4n) is 2.11. The van der Waals surface area contributed by atoms with Gasteiger partial charge in [0.1, 0.15) is 6.04 Å². The standard InChI is InChI=1S/C16H17BrN2O4S/c1-19(2)12-9-7-11(8-10-12)15(16(20)21)18-24(22,23)14-6-4-3-5-13(14)17/h3-10,15,18H,1-2H3,(H,20,21). The first-order valence-electron chi connectivity index (χ1n) is 6.99. The fourth-order valence-corrected chi connectivity index (χ4v) is 4.29. The van der Waals surface area contributed by atoms with Crippen LogP contribution in [0.25, 0.3) is 0 Å². The molecule has 0 amide bonds. The van der Waals surface area contributed by atoms with Crippen LogP contribution in [-0.2, 0) is 14.8 Å². The number of benzene rings is 2. The monoisotopic (exact) mass is 412 g/mol. The third kappa shape index (κ3) is 4.14. The molecule has 1 atom stereocenters. The van der Waals surface area contributed by atoms with Gasteiger partial charge in [-0.25, -0.2) is 8.42 Å². The highest BCUT2D eigenvalue weighted by atomic mass is 79.9. The lowest BCUT2D eigenvalue weighted by Gasteiger charge is -2.18. The van der Waals surface area contributed by atoms with Crippen molar-refractivity contribution < 1.29 is 18.3 Å². The Labute approximate surface area is 149 Å². The molecular formula is C16H17BrN2O4S. The van der Waals surface area contributed by atoms with E-state index in [0.29, 0.717) is 10.0 Å². The maximum atomic E-state index is 12.5. The third-order valence-electron chi connectivity index (χ3n) is 3.39. The number of aliphatic carboxylic acids is 1. The smallest absolute Gasteiger partial charge is 0.326 e. The molecule has 0 radical (unpaired) electrons. The van der Waals surface area contributed by atoms with Crippen LogP contribution in [0, 0.1) is 0 Å². The number of halogens is 1. The fraction of sp³-hybridized carbons (Fsp3) is 0.188. The van der Waals surface area contributed by atoms with Crippen LogP contribution in [0.1, 0.15) is 11.6 Å². The predicted octanol–water partition coefficient (Wildman–Crippen LogP) is 2.62. The second-order valence-corrected chi connectivity index (χ2v) is 7.85. The first kappa shape index (κ1) is 18.4. The molecule has 0 aromatic heterocycles. The van der Waals surface area contributed by atoms with E-state index in [1.54, 1.807) is 42.5 Å². The van der Waals surface area contributed by atoms with Crippen LogP contribution >= 0.6 is 15.9 Å². The predicted molar refractivity (Wildman–Crippen MR) is 95.6 cm³/mol. The molecule has 2 rings (SSSR count). The molecule has 0 aliphatic rings.